The van der Waals surface area contributed by atoms with Gasteiger partial charge in [-0.25, -0.2) is 0 Å². The van der Waals surface area contributed by atoms with Crippen LogP contribution in [0.4, 0.5) is 5.69 Å². The molecule has 7 heteroatoms. The number of rotatable bonds is 5. The van der Waals surface area contributed by atoms with Gasteiger partial charge < -0.3 is 15.5 Å². The van der Waals surface area contributed by atoms with E-state index < -0.39 is 0 Å². The van der Waals surface area contributed by atoms with Crippen molar-refractivity contribution in [2.24, 2.45) is 11.7 Å². The molecule has 1 aromatic rings. The highest BCUT2D eigenvalue weighted by atomic mass is 16.2. The number of para-hydroxylation sites is 1. The molecule has 1 aliphatic heterocycles. The molecular formula is C18H24N4O3. The minimum atomic E-state index is -0.356. The van der Waals surface area contributed by atoms with Crippen LogP contribution in [0.3, 0.4) is 0 Å². The van der Waals surface area contributed by atoms with Gasteiger partial charge in [-0.2, -0.15) is 0 Å². The number of primary amides is 1. The largest absolute Gasteiger partial charge is 0.369 e. The minimum Gasteiger partial charge on any atom is -0.369 e. The van der Waals surface area contributed by atoms with Gasteiger partial charge in [0.2, 0.25) is 11.8 Å². The topological polar surface area (TPSA) is 87.0 Å². The zero-order valence-corrected chi connectivity index (χ0v) is 14.5. The molecule has 0 bridgehead atoms. The third kappa shape index (κ3) is 3.99. The van der Waals surface area contributed by atoms with Crippen molar-refractivity contribution in [1.29, 1.82) is 0 Å². The number of piperazine rings is 1. The smallest absolute Gasteiger partial charge is 0.256 e. The van der Waals surface area contributed by atoms with E-state index in [0.717, 1.165) is 12.8 Å². The molecule has 1 saturated carbocycles. The second-order valence-electron chi connectivity index (χ2n) is 6.72. The first-order chi connectivity index (χ1) is 12.0. The summed E-state index contributed by atoms with van der Waals surface area (Å²) in [6, 6.07) is 7.24. The Labute approximate surface area is 147 Å². The lowest BCUT2D eigenvalue weighted by molar-refractivity contribution is -0.120. The molecule has 0 aromatic heterocycles. The number of hydrogen-bond donors (Lipinski definition) is 1. The van der Waals surface area contributed by atoms with Gasteiger partial charge in [-0.05, 0) is 25.0 Å². The summed E-state index contributed by atoms with van der Waals surface area (Å²) in [6.07, 6.45) is 1.86. The van der Waals surface area contributed by atoms with Crippen LogP contribution in [0, 0.1) is 5.92 Å². The number of anilines is 1. The van der Waals surface area contributed by atoms with Crippen molar-refractivity contribution in [3.63, 3.8) is 0 Å². The van der Waals surface area contributed by atoms with Crippen LogP contribution in [-0.2, 0) is 9.59 Å². The van der Waals surface area contributed by atoms with Crippen LogP contribution in [0.2, 0.25) is 0 Å². The predicted octanol–water partition coefficient (Wildman–Crippen LogP) is 0.303. The molecule has 25 heavy (non-hydrogen) atoms. The van der Waals surface area contributed by atoms with E-state index in [2.05, 4.69) is 0 Å². The third-order valence-corrected chi connectivity index (χ3v) is 4.79. The maximum absolute atomic E-state index is 12.9. The van der Waals surface area contributed by atoms with Gasteiger partial charge in [0.05, 0.1) is 17.8 Å². The van der Waals surface area contributed by atoms with Crippen molar-refractivity contribution in [3.8, 4) is 0 Å². The Hall–Kier alpha value is -2.41. The van der Waals surface area contributed by atoms with Gasteiger partial charge in [0.15, 0.2) is 0 Å². The highest BCUT2D eigenvalue weighted by molar-refractivity contribution is 6.05. The molecular weight excluding hydrogens is 320 g/mol. The number of nitrogens with zero attached hydrogens (tertiary/aromatic N) is 3. The lowest BCUT2D eigenvalue weighted by atomic mass is 10.1. The lowest BCUT2D eigenvalue weighted by Crippen LogP contribution is -2.50. The maximum atomic E-state index is 12.9. The summed E-state index contributed by atoms with van der Waals surface area (Å²) in [6.45, 7) is 2.54. The lowest BCUT2D eigenvalue weighted by Gasteiger charge is -2.34. The molecule has 1 heterocycles. The van der Waals surface area contributed by atoms with Crippen LogP contribution >= 0.6 is 0 Å². The number of hydrogen-bond acceptors (Lipinski definition) is 4. The predicted molar refractivity (Wildman–Crippen MR) is 94.1 cm³/mol. The number of carbonyl (C=O) groups is 3. The second kappa shape index (κ2) is 7.23. The van der Waals surface area contributed by atoms with Gasteiger partial charge in [0, 0.05) is 39.1 Å². The van der Waals surface area contributed by atoms with E-state index in [1.807, 2.05) is 23.1 Å². The minimum absolute atomic E-state index is 0.0755. The van der Waals surface area contributed by atoms with E-state index in [1.54, 1.807) is 22.9 Å². The van der Waals surface area contributed by atoms with E-state index in [4.69, 9.17) is 5.73 Å². The molecule has 3 rings (SSSR count). The third-order valence-electron chi connectivity index (χ3n) is 4.79. The first kappa shape index (κ1) is 17.4. The molecule has 0 atom stereocenters. The highest BCUT2D eigenvalue weighted by Crippen LogP contribution is 2.33. The first-order valence-electron chi connectivity index (χ1n) is 8.64. The Morgan fingerprint density at radius 3 is 2.36 bits per heavy atom. The van der Waals surface area contributed by atoms with Crippen LogP contribution in [0.25, 0.3) is 0 Å². The summed E-state index contributed by atoms with van der Waals surface area (Å²) in [5.41, 5.74) is 6.42. The monoisotopic (exact) mass is 344 g/mol. The molecule has 2 N–H and O–H groups in total. The van der Waals surface area contributed by atoms with Crippen molar-refractivity contribution in [1.82, 2.24) is 9.80 Å². The van der Waals surface area contributed by atoms with Crippen LogP contribution in [-0.4, -0.2) is 67.3 Å². The summed E-state index contributed by atoms with van der Waals surface area (Å²) in [5, 5.41) is 0. The fourth-order valence-electron chi connectivity index (χ4n) is 3.17. The maximum Gasteiger partial charge on any atom is 0.256 e. The molecule has 1 aliphatic carbocycles. The second-order valence-corrected chi connectivity index (χ2v) is 6.72. The van der Waals surface area contributed by atoms with E-state index in [9.17, 15) is 14.4 Å². The molecule has 2 aliphatic rings. The van der Waals surface area contributed by atoms with Gasteiger partial charge >= 0.3 is 0 Å². The highest BCUT2D eigenvalue weighted by Gasteiger charge is 2.34. The average molecular weight is 344 g/mol. The Balaban J connectivity index is 1.70. The Kier molecular flexibility index (Phi) is 5.03. The quantitative estimate of drug-likeness (QED) is 0.832. The molecule has 0 spiro atoms. The Bertz CT molecular complexity index is 679. The van der Waals surface area contributed by atoms with Gasteiger partial charge in [-0.1, -0.05) is 12.1 Å². The van der Waals surface area contributed by atoms with Gasteiger partial charge in [-0.15, -0.1) is 0 Å². The number of nitrogens with two attached hydrogens (primary N) is 1. The van der Waals surface area contributed by atoms with Crippen molar-refractivity contribution in [2.45, 2.75) is 12.8 Å². The Morgan fingerprint density at radius 1 is 1.12 bits per heavy atom. The van der Waals surface area contributed by atoms with Gasteiger partial charge in [0.25, 0.3) is 5.91 Å². The van der Waals surface area contributed by atoms with Crippen molar-refractivity contribution < 1.29 is 14.4 Å². The SMILES string of the molecule is CN(C(=O)C1CC1)c1ccccc1C(=O)N1CCN(CC(N)=O)CC1. The van der Waals surface area contributed by atoms with E-state index in [1.165, 1.54) is 0 Å². The van der Waals surface area contributed by atoms with E-state index in [-0.39, 0.29) is 30.2 Å². The fraction of sp³-hybridized carbons (Fsp3) is 0.500. The molecule has 1 aromatic carbocycles. The van der Waals surface area contributed by atoms with Crippen LogP contribution in [0.15, 0.2) is 24.3 Å². The van der Waals surface area contributed by atoms with Crippen LogP contribution in [0.5, 0.6) is 0 Å². The number of carbonyl (C=O) groups excluding carboxylic acids is 3. The standard InChI is InChI=1S/C18H24N4O3/c1-20(17(24)13-6-7-13)15-5-3-2-4-14(15)18(25)22-10-8-21(9-11-22)12-16(19)23/h2-5,13H,6-12H2,1H3,(H2,19,23). The fourth-order valence-corrected chi connectivity index (χ4v) is 3.17. The van der Waals surface area contributed by atoms with Crippen molar-refractivity contribution in [3.05, 3.63) is 29.8 Å². The van der Waals surface area contributed by atoms with Crippen molar-refractivity contribution >= 4 is 23.4 Å². The molecule has 3 amide bonds. The van der Waals surface area contributed by atoms with Crippen molar-refractivity contribution in [2.75, 3.05) is 44.7 Å². The van der Waals surface area contributed by atoms with E-state index >= 15 is 0 Å². The van der Waals surface area contributed by atoms with Crippen LogP contribution < -0.4 is 10.6 Å². The Morgan fingerprint density at radius 2 is 1.76 bits per heavy atom. The zero-order valence-electron chi connectivity index (χ0n) is 14.5. The van der Waals surface area contributed by atoms with Gasteiger partial charge in [0.1, 0.15) is 0 Å². The summed E-state index contributed by atoms with van der Waals surface area (Å²) in [5.74, 6) is -0.257. The molecule has 2 fully saturated rings. The molecule has 0 radical (unpaired) electrons. The molecule has 1 saturated heterocycles. The summed E-state index contributed by atoms with van der Waals surface area (Å²) < 4.78 is 0. The van der Waals surface area contributed by atoms with Crippen LogP contribution in [0.1, 0.15) is 23.2 Å². The normalized spacial score (nSPS) is 18.0. The first-order valence-corrected chi connectivity index (χ1v) is 8.64. The number of benzene rings is 1. The summed E-state index contributed by atoms with van der Waals surface area (Å²) >= 11 is 0. The zero-order chi connectivity index (χ0) is 18.0. The summed E-state index contributed by atoms with van der Waals surface area (Å²) in [4.78, 5) is 41.6. The number of amides is 3. The average Bonchev–Trinajstić information content (AvgIpc) is 3.45. The summed E-state index contributed by atoms with van der Waals surface area (Å²) in [7, 11) is 1.73. The van der Waals surface area contributed by atoms with E-state index in [0.29, 0.717) is 37.4 Å². The molecule has 134 valence electrons. The van der Waals surface area contributed by atoms with Gasteiger partial charge in [-0.3, -0.25) is 19.3 Å². The molecule has 7 nitrogen and oxygen atoms in total. The molecule has 0 unspecified atom stereocenters.